The van der Waals surface area contributed by atoms with Crippen LogP contribution >= 0.6 is 15.9 Å². The van der Waals surface area contributed by atoms with Gasteiger partial charge in [0.25, 0.3) is 0 Å². The topological polar surface area (TPSA) is 19.4 Å². The van der Waals surface area contributed by atoms with Crippen molar-refractivity contribution >= 4 is 21.7 Å². The highest BCUT2D eigenvalue weighted by Gasteiger charge is 2.31. The van der Waals surface area contributed by atoms with Gasteiger partial charge < -0.3 is 9.80 Å². The van der Waals surface area contributed by atoms with E-state index in [0.717, 1.165) is 29.1 Å². The lowest BCUT2D eigenvalue weighted by Crippen LogP contribution is -2.34. The number of aryl methyl sites for hydroxylation is 1. The van der Waals surface area contributed by atoms with Gasteiger partial charge in [0, 0.05) is 23.6 Å². The average Bonchev–Trinajstić information content (AvgIpc) is 2.64. The minimum atomic E-state index is 0.626. The van der Waals surface area contributed by atoms with Gasteiger partial charge in [-0.25, -0.2) is 4.98 Å². The highest BCUT2D eigenvalue weighted by molar-refractivity contribution is 9.10. The third-order valence-corrected chi connectivity index (χ3v) is 4.40. The van der Waals surface area contributed by atoms with E-state index in [1.54, 1.807) is 0 Å². The van der Waals surface area contributed by atoms with Crippen LogP contribution in [0.2, 0.25) is 0 Å². The molecule has 2 atom stereocenters. The Morgan fingerprint density at radius 3 is 2.59 bits per heavy atom. The summed E-state index contributed by atoms with van der Waals surface area (Å²) < 4.78 is 1.08. The van der Waals surface area contributed by atoms with Crippen LogP contribution in [0.25, 0.3) is 0 Å². The third-order valence-electron chi connectivity index (χ3n) is 3.57. The quantitative estimate of drug-likeness (QED) is 0.836. The molecule has 94 valence electrons. The Morgan fingerprint density at radius 2 is 2.06 bits per heavy atom. The fourth-order valence-corrected chi connectivity index (χ4v) is 2.74. The Hall–Kier alpha value is -0.610. The fraction of sp³-hybridized carbons (Fsp3) is 0.615. The lowest BCUT2D eigenvalue weighted by atomic mass is 10.1. The maximum absolute atomic E-state index is 4.64. The Labute approximate surface area is 112 Å². The molecule has 0 saturated carbocycles. The molecular weight excluding hydrogens is 278 g/mol. The molecule has 1 fully saturated rings. The molecule has 0 aliphatic carbocycles. The number of aromatic nitrogens is 1. The minimum Gasteiger partial charge on any atom is -0.355 e. The highest BCUT2D eigenvalue weighted by Crippen LogP contribution is 2.26. The summed E-state index contributed by atoms with van der Waals surface area (Å²) in [6.07, 6.45) is 0. The smallest absolute Gasteiger partial charge is 0.128 e. The van der Waals surface area contributed by atoms with Crippen molar-refractivity contribution in [2.24, 2.45) is 5.92 Å². The molecule has 0 radical (unpaired) electrons. The van der Waals surface area contributed by atoms with Crippen molar-refractivity contribution in [1.82, 2.24) is 9.88 Å². The van der Waals surface area contributed by atoms with E-state index in [1.807, 2.05) is 6.92 Å². The summed E-state index contributed by atoms with van der Waals surface area (Å²) in [6.45, 7) is 6.52. The van der Waals surface area contributed by atoms with Crippen LogP contribution in [-0.4, -0.2) is 43.1 Å². The van der Waals surface area contributed by atoms with Gasteiger partial charge in [-0.1, -0.05) is 6.92 Å². The highest BCUT2D eigenvalue weighted by atomic mass is 79.9. The van der Waals surface area contributed by atoms with Crippen LogP contribution < -0.4 is 4.90 Å². The molecule has 2 rings (SSSR count). The largest absolute Gasteiger partial charge is 0.355 e. The summed E-state index contributed by atoms with van der Waals surface area (Å²) in [5, 5.41) is 0. The maximum Gasteiger partial charge on any atom is 0.128 e. The van der Waals surface area contributed by atoms with Gasteiger partial charge in [0.05, 0.1) is 5.69 Å². The van der Waals surface area contributed by atoms with Crippen LogP contribution in [0.3, 0.4) is 0 Å². The summed E-state index contributed by atoms with van der Waals surface area (Å²) >= 11 is 3.50. The van der Waals surface area contributed by atoms with Crippen molar-refractivity contribution < 1.29 is 0 Å². The van der Waals surface area contributed by atoms with E-state index in [1.165, 1.54) is 0 Å². The van der Waals surface area contributed by atoms with Crippen molar-refractivity contribution in [2.45, 2.75) is 19.9 Å². The van der Waals surface area contributed by atoms with Gasteiger partial charge >= 0.3 is 0 Å². The molecule has 17 heavy (non-hydrogen) atoms. The second-order valence-electron chi connectivity index (χ2n) is 5.15. The molecule has 0 spiro atoms. The third kappa shape index (κ3) is 2.63. The summed E-state index contributed by atoms with van der Waals surface area (Å²) in [7, 11) is 4.32. The predicted octanol–water partition coefficient (Wildman–Crippen LogP) is 2.54. The molecular formula is C13H20BrN3. The monoisotopic (exact) mass is 297 g/mol. The van der Waals surface area contributed by atoms with E-state index in [0.29, 0.717) is 12.0 Å². The number of anilines is 1. The first-order valence-corrected chi connectivity index (χ1v) is 6.83. The molecule has 1 aromatic heterocycles. The summed E-state index contributed by atoms with van der Waals surface area (Å²) in [5.74, 6) is 1.79. The number of rotatable bonds is 2. The molecule has 2 unspecified atom stereocenters. The van der Waals surface area contributed by atoms with E-state index >= 15 is 0 Å². The molecule has 0 bridgehead atoms. The minimum absolute atomic E-state index is 0.626. The first kappa shape index (κ1) is 12.8. The summed E-state index contributed by atoms with van der Waals surface area (Å²) in [5.41, 5.74) is 1.06. The molecule has 0 aromatic carbocycles. The Bertz CT molecular complexity index is 406. The van der Waals surface area contributed by atoms with Crippen LogP contribution in [0.15, 0.2) is 16.6 Å². The number of nitrogens with zero attached hydrogens (tertiary/aromatic N) is 3. The van der Waals surface area contributed by atoms with E-state index in [-0.39, 0.29) is 0 Å². The number of hydrogen-bond donors (Lipinski definition) is 0. The second kappa shape index (κ2) is 4.94. The Morgan fingerprint density at radius 1 is 1.35 bits per heavy atom. The molecule has 0 amide bonds. The number of likely N-dealkylation sites (N-methyl/N-ethyl adjacent to an activating group) is 1. The van der Waals surface area contributed by atoms with Crippen LogP contribution in [-0.2, 0) is 0 Å². The lowest BCUT2D eigenvalue weighted by molar-refractivity contribution is 0.266. The van der Waals surface area contributed by atoms with Crippen molar-refractivity contribution in [3.63, 3.8) is 0 Å². The molecule has 4 heteroatoms. The average molecular weight is 298 g/mol. The SMILES string of the molecule is Cc1nc(N2CC(C)C(N(C)C)C2)ccc1Br. The number of hydrogen-bond acceptors (Lipinski definition) is 3. The molecule has 3 nitrogen and oxygen atoms in total. The van der Waals surface area contributed by atoms with Gasteiger partial charge in [-0.3, -0.25) is 0 Å². The molecule has 1 saturated heterocycles. The standard InChI is InChI=1S/C13H20BrN3/c1-9-7-17(8-12(9)16(3)4)13-6-5-11(14)10(2)15-13/h5-6,9,12H,7-8H2,1-4H3. The lowest BCUT2D eigenvalue weighted by Gasteiger charge is -2.22. The van der Waals surface area contributed by atoms with Crippen molar-refractivity contribution in [3.8, 4) is 0 Å². The second-order valence-corrected chi connectivity index (χ2v) is 6.00. The van der Waals surface area contributed by atoms with Crippen LogP contribution in [0.4, 0.5) is 5.82 Å². The zero-order chi connectivity index (χ0) is 12.6. The number of pyridine rings is 1. The van der Waals surface area contributed by atoms with Crippen LogP contribution in [0.5, 0.6) is 0 Å². The zero-order valence-electron chi connectivity index (χ0n) is 10.9. The maximum atomic E-state index is 4.64. The molecule has 0 N–H and O–H groups in total. The molecule has 1 aromatic rings. The molecule has 2 heterocycles. The van der Waals surface area contributed by atoms with Gasteiger partial charge in [-0.2, -0.15) is 0 Å². The van der Waals surface area contributed by atoms with Crippen molar-refractivity contribution in [3.05, 3.63) is 22.3 Å². The first-order valence-electron chi connectivity index (χ1n) is 6.03. The summed E-state index contributed by atoms with van der Waals surface area (Å²) in [6, 6.07) is 4.81. The van der Waals surface area contributed by atoms with E-state index in [4.69, 9.17) is 0 Å². The van der Waals surface area contributed by atoms with Gasteiger partial charge in [0.15, 0.2) is 0 Å². The fourth-order valence-electron chi connectivity index (χ4n) is 2.52. The summed E-state index contributed by atoms with van der Waals surface area (Å²) in [4.78, 5) is 9.34. The van der Waals surface area contributed by atoms with Crippen molar-refractivity contribution in [1.29, 1.82) is 0 Å². The first-order chi connectivity index (χ1) is 7.99. The predicted molar refractivity (Wildman–Crippen MR) is 75.5 cm³/mol. The van der Waals surface area contributed by atoms with E-state index in [2.05, 4.69) is 63.9 Å². The van der Waals surface area contributed by atoms with Crippen LogP contribution in [0, 0.1) is 12.8 Å². The van der Waals surface area contributed by atoms with E-state index < -0.39 is 0 Å². The van der Waals surface area contributed by atoms with E-state index in [9.17, 15) is 0 Å². The zero-order valence-corrected chi connectivity index (χ0v) is 12.5. The van der Waals surface area contributed by atoms with Gasteiger partial charge in [-0.15, -0.1) is 0 Å². The normalized spacial score (nSPS) is 24.7. The van der Waals surface area contributed by atoms with Gasteiger partial charge in [0.2, 0.25) is 0 Å². The number of halogens is 1. The van der Waals surface area contributed by atoms with Crippen LogP contribution in [0.1, 0.15) is 12.6 Å². The van der Waals surface area contributed by atoms with Gasteiger partial charge in [0.1, 0.15) is 5.82 Å². The molecule has 1 aliphatic heterocycles. The van der Waals surface area contributed by atoms with Crippen molar-refractivity contribution in [2.75, 3.05) is 32.1 Å². The molecule has 1 aliphatic rings. The Balaban J connectivity index is 2.17. The Kier molecular flexibility index (Phi) is 3.73. The van der Waals surface area contributed by atoms with Gasteiger partial charge in [-0.05, 0) is 55.0 Å².